The van der Waals surface area contributed by atoms with Crippen LogP contribution in [0, 0.1) is 6.92 Å². The Bertz CT molecular complexity index is 1120. The number of methoxy groups -OCH3 is 1. The fraction of sp³-hybridized carbons (Fsp3) is 0.464. The molecule has 7 heteroatoms. The number of unbranched alkanes of at least 4 members (excludes halogenated alkanes) is 2. The van der Waals surface area contributed by atoms with Crippen molar-refractivity contribution >= 4 is 16.9 Å². The number of aromatic nitrogens is 1. The number of benzene rings is 2. The molecule has 0 amide bonds. The first kappa shape index (κ1) is 25.1. The number of hydrogen-bond donors (Lipinski definition) is 2. The van der Waals surface area contributed by atoms with Crippen molar-refractivity contribution in [2.45, 2.75) is 51.7 Å². The Balaban J connectivity index is 1.13. The Morgan fingerprint density at radius 2 is 1.91 bits per heavy atom. The van der Waals surface area contributed by atoms with E-state index in [1.165, 1.54) is 22.0 Å². The number of fused-ring (bicyclic) bond motifs is 1. The zero-order valence-corrected chi connectivity index (χ0v) is 20.7. The molecule has 1 aliphatic heterocycles. The highest BCUT2D eigenvalue weighted by Crippen LogP contribution is 2.32. The number of aryl methyl sites for hydroxylation is 1. The lowest BCUT2D eigenvalue weighted by Crippen LogP contribution is -2.36. The van der Waals surface area contributed by atoms with E-state index in [1.807, 2.05) is 6.20 Å². The first-order valence-corrected chi connectivity index (χ1v) is 12.5. The second kappa shape index (κ2) is 12.1. The highest BCUT2D eigenvalue weighted by atomic mass is 16.5. The van der Waals surface area contributed by atoms with E-state index in [2.05, 4.69) is 28.9 Å². The van der Waals surface area contributed by atoms with Gasteiger partial charge in [0.05, 0.1) is 25.4 Å². The van der Waals surface area contributed by atoms with Crippen molar-refractivity contribution in [2.24, 2.45) is 0 Å². The molecule has 2 heterocycles. The smallest absolute Gasteiger partial charge is 0.335 e. The van der Waals surface area contributed by atoms with Crippen LogP contribution < -0.4 is 9.47 Å². The molecule has 1 fully saturated rings. The highest BCUT2D eigenvalue weighted by molar-refractivity contribution is 5.88. The summed E-state index contributed by atoms with van der Waals surface area (Å²) in [4.78, 5) is 16.9. The van der Waals surface area contributed by atoms with Crippen LogP contribution in [0.4, 0.5) is 0 Å². The van der Waals surface area contributed by atoms with Gasteiger partial charge in [0, 0.05) is 48.9 Å². The van der Waals surface area contributed by atoms with Crippen LogP contribution in [0.15, 0.2) is 42.6 Å². The van der Waals surface area contributed by atoms with E-state index >= 15 is 0 Å². The number of likely N-dealkylation sites (tertiary alicyclic amines) is 1. The second-order valence-corrected chi connectivity index (χ2v) is 9.23. The average Bonchev–Trinajstić information content (AvgIpc) is 3.37. The lowest BCUT2D eigenvalue weighted by atomic mass is 10.0. The maximum Gasteiger partial charge on any atom is 0.335 e. The Morgan fingerprint density at radius 3 is 2.69 bits per heavy atom. The summed E-state index contributed by atoms with van der Waals surface area (Å²) in [5.41, 5.74) is 3.90. The van der Waals surface area contributed by atoms with E-state index in [9.17, 15) is 4.79 Å². The van der Waals surface area contributed by atoms with Crippen LogP contribution in [0.1, 0.15) is 53.6 Å². The second-order valence-electron chi connectivity index (χ2n) is 9.23. The summed E-state index contributed by atoms with van der Waals surface area (Å²) in [7, 11) is 1.75. The monoisotopic (exact) mass is 480 g/mol. The van der Waals surface area contributed by atoms with Crippen LogP contribution in [0.25, 0.3) is 10.9 Å². The van der Waals surface area contributed by atoms with Crippen molar-refractivity contribution in [1.82, 2.24) is 9.88 Å². The molecule has 0 unspecified atom stereocenters. The van der Waals surface area contributed by atoms with Crippen molar-refractivity contribution < 1.29 is 24.1 Å². The van der Waals surface area contributed by atoms with Gasteiger partial charge in [-0.1, -0.05) is 6.07 Å². The van der Waals surface area contributed by atoms with Crippen molar-refractivity contribution in [3.05, 3.63) is 59.3 Å². The molecule has 0 aliphatic carbocycles. The van der Waals surface area contributed by atoms with Gasteiger partial charge in [-0.15, -0.1) is 0 Å². The summed E-state index contributed by atoms with van der Waals surface area (Å²) in [5, 5.41) is 10.3. The molecule has 2 N–H and O–H groups in total. The number of piperidine rings is 1. The Morgan fingerprint density at radius 1 is 1.11 bits per heavy atom. The fourth-order valence-electron chi connectivity index (χ4n) is 4.78. The molecule has 188 valence electrons. The van der Waals surface area contributed by atoms with Crippen LogP contribution >= 0.6 is 0 Å². The van der Waals surface area contributed by atoms with Crippen molar-refractivity contribution in [1.29, 1.82) is 0 Å². The Hall–Kier alpha value is -3.03. The molecule has 0 radical (unpaired) electrons. The maximum atomic E-state index is 11.0. The SMILES string of the molecule is COc1cc(C)c2[nH]ccc2c1CN1CCC(OCCCCCOc2cccc(C(=O)O)c2)CC1. The van der Waals surface area contributed by atoms with Crippen LogP contribution in [-0.4, -0.2) is 60.5 Å². The summed E-state index contributed by atoms with van der Waals surface area (Å²) < 4.78 is 17.5. The van der Waals surface area contributed by atoms with Crippen LogP contribution in [-0.2, 0) is 11.3 Å². The molecule has 4 rings (SSSR count). The third-order valence-corrected chi connectivity index (χ3v) is 6.74. The zero-order chi connectivity index (χ0) is 24.6. The van der Waals surface area contributed by atoms with Gasteiger partial charge >= 0.3 is 5.97 Å². The van der Waals surface area contributed by atoms with Crippen LogP contribution in [0.5, 0.6) is 11.5 Å². The number of rotatable bonds is 12. The molecule has 0 atom stereocenters. The number of carboxylic acid groups (broad SMARTS) is 1. The number of carbonyl (C=O) groups is 1. The third-order valence-electron chi connectivity index (χ3n) is 6.74. The largest absolute Gasteiger partial charge is 0.496 e. The minimum absolute atomic E-state index is 0.248. The highest BCUT2D eigenvalue weighted by Gasteiger charge is 2.22. The first-order chi connectivity index (χ1) is 17.0. The quantitative estimate of drug-likeness (QED) is 0.337. The molecule has 0 bridgehead atoms. The molecular weight excluding hydrogens is 444 g/mol. The number of ether oxygens (including phenoxy) is 3. The van der Waals surface area contributed by atoms with Crippen molar-refractivity contribution in [3.63, 3.8) is 0 Å². The van der Waals surface area contributed by atoms with Crippen LogP contribution in [0.3, 0.4) is 0 Å². The van der Waals surface area contributed by atoms with Gasteiger partial charge in [0.15, 0.2) is 0 Å². The molecule has 35 heavy (non-hydrogen) atoms. The minimum Gasteiger partial charge on any atom is -0.496 e. The molecule has 0 spiro atoms. The predicted molar refractivity (Wildman–Crippen MR) is 137 cm³/mol. The van der Waals surface area contributed by atoms with E-state index in [0.717, 1.165) is 64.1 Å². The molecule has 1 aliphatic rings. The molecule has 1 aromatic heterocycles. The van der Waals surface area contributed by atoms with Gasteiger partial charge in [-0.05, 0) is 74.9 Å². The zero-order valence-electron chi connectivity index (χ0n) is 20.7. The van der Waals surface area contributed by atoms with Crippen molar-refractivity contribution in [3.8, 4) is 11.5 Å². The van der Waals surface area contributed by atoms with E-state index in [1.54, 1.807) is 31.4 Å². The lowest BCUT2D eigenvalue weighted by Gasteiger charge is -2.32. The summed E-state index contributed by atoms with van der Waals surface area (Å²) in [6.45, 7) is 6.40. The third kappa shape index (κ3) is 6.55. The molecule has 3 aromatic rings. The Kier molecular flexibility index (Phi) is 8.66. The van der Waals surface area contributed by atoms with E-state index in [4.69, 9.17) is 19.3 Å². The van der Waals surface area contributed by atoms with Gasteiger partial charge in [0.1, 0.15) is 11.5 Å². The fourth-order valence-corrected chi connectivity index (χ4v) is 4.78. The van der Waals surface area contributed by atoms with Gasteiger partial charge in [-0.3, -0.25) is 4.90 Å². The summed E-state index contributed by atoms with van der Waals surface area (Å²) in [6, 6.07) is 10.9. The minimum atomic E-state index is -0.939. The van der Waals surface area contributed by atoms with Gasteiger partial charge in [0.25, 0.3) is 0 Å². The number of carboxylic acids is 1. The first-order valence-electron chi connectivity index (χ1n) is 12.5. The lowest BCUT2D eigenvalue weighted by molar-refractivity contribution is 0.00407. The summed E-state index contributed by atoms with van der Waals surface area (Å²) in [5.74, 6) is 0.631. The van der Waals surface area contributed by atoms with Gasteiger partial charge in [-0.25, -0.2) is 4.79 Å². The molecular formula is C28H36N2O5. The maximum absolute atomic E-state index is 11.0. The number of hydrogen-bond acceptors (Lipinski definition) is 5. The van der Waals surface area contributed by atoms with Crippen LogP contribution in [0.2, 0.25) is 0 Å². The predicted octanol–water partition coefficient (Wildman–Crippen LogP) is 5.41. The van der Waals surface area contributed by atoms with E-state index < -0.39 is 5.97 Å². The average molecular weight is 481 g/mol. The number of aromatic carboxylic acids is 1. The van der Waals surface area contributed by atoms with E-state index in [-0.39, 0.29) is 5.56 Å². The summed E-state index contributed by atoms with van der Waals surface area (Å²) >= 11 is 0. The number of nitrogens with zero attached hydrogens (tertiary/aromatic N) is 1. The normalized spacial score (nSPS) is 14.9. The topological polar surface area (TPSA) is 84.0 Å². The van der Waals surface area contributed by atoms with Crippen molar-refractivity contribution in [2.75, 3.05) is 33.4 Å². The molecule has 1 saturated heterocycles. The molecule has 2 aromatic carbocycles. The van der Waals surface area contributed by atoms with Gasteiger partial charge in [0.2, 0.25) is 0 Å². The van der Waals surface area contributed by atoms with E-state index in [0.29, 0.717) is 18.5 Å². The summed E-state index contributed by atoms with van der Waals surface area (Å²) in [6.07, 6.45) is 7.38. The number of aromatic amines is 1. The Labute approximate surface area is 207 Å². The molecule has 7 nitrogen and oxygen atoms in total. The number of nitrogens with one attached hydrogen (secondary N) is 1. The standard InChI is InChI=1S/C28H36N2O5/c1-20-17-26(33-2)25(24-9-12-29-27(20)24)19-30-13-10-22(11-14-30)34-15-4-3-5-16-35-23-8-6-7-21(18-23)28(31)32/h6-9,12,17-18,22,29H,3-5,10-11,13-16,19H2,1-2H3,(H,31,32). The van der Waals surface area contributed by atoms with Gasteiger partial charge in [-0.2, -0.15) is 0 Å². The van der Waals surface area contributed by atoms with Gasteiger partial charge < -0.3 is 24.3 Å². The number of H-pyrrole nitrogens is 1. The molecule has 0 saturated carbocycles.